The Hall–Kier alpha value is -2.08. The summed E-state index contributed by atoms with van der Waals surface area (Å²) < 4.78 is 0. The first-order valence-corrected chi connectivity index (χ1v) is 10.8. The minimum absolute atomic E-state index is 0.0821. The number of carbonyl (C=O) groups is 1. The summed E-state index contributed by atoms with van der Waals surface area (Å²) in [6, 6.07) is 10.6. The molecule has 0 aliphatic carbocycles. The van der Waals surface area contributed by atoms with Crippen molar-refractivity contribution in [1.82, 2.24) is 15.5 Å². The summed E-state index contributed by atoms with van der Waals surface area (Å²) in [7, 11) is 0. The average molecular weight is 388 g/mol. The van der Waals surface area contributed by atoms with Crippen molar-refractivity contribution in [1.29, 1.82) is 0 Å². The second-order valence-corrected chi connectivity index (χ2v) is 7.50. The molecule has 4 N–H and O–H groups in total. The fourth-order valence-corrected chi connectivity index (χ4v) is 3.57. The van der Waals surface area contributed by atoms with Gasteiger partial charge in [-0.2, -0.15) is 0 Å². The van der Waals surface area contributed by atoms with Crippen LogP contribution in [0.5, 0.6) is 0 Å². The van der Waals surface area contributed by atoms with E-state index in [0.29, 0.717) is 0 Å². The third kappa shape index (κ3) is 8.74. The molecule has 0 atom stereocenters. The van der Waals surface area contributed by atoms with Gasteiger partial charge in [-0.3, -0.25) is 9.79 Å². The summed E-state index contributed by atoms with van der Waals surface area (Å²) in [6.07, 6.45) is 6.21. The van der Waals surface area contributed by atoms with Crippen LogP contribution in [-0.2, 0) is 11.2 Å². The van der Waals surface area contributed by atoms with Gasteiger partial charge in [-0.05, 0) is 70.6 Å². The minimum Gasteiger partial charge on any atom is -0.369 e. The van der Waals surface area contributed by atoms with Crippen LogP contribution >= 0.6 is 0 Å². The first-order valence-electron chi connectivity index (χ1n) is 10.8. The van der Waals surface area contributed by atoms with E-state index in [2.05, 4.69) is 57.8 Å². The maximum atomic E-state index is 11.2. The number of rotatable bonds is 11. The van der Waals surface area contributed by atoms with Gasteiger partial charge in [0.25, 0.3) is 0 Å². The summed E-state index contributed by atoms with van der Waals surface area (Å²) in [4.78, 5) is 18.3. The quantitative estimate of drug-likeness (QED) is 0.309. The molecule has 1 aliphatic rings. The Morgan fingerprint density at radius 2 is 1.89 bits per heavy atom. The number of aryl methyl sites for hydroxylation is 1. The number of nitrogens with one attached hydrogen (secondary N) is 2. The highest BCUT2D eigenvalue weighted by Crippen LogP contribution is 2.16. The van der Waals surface area contributed by atoms with E-state index in [4.69, 9.17) is 5.73 Å². The predicted molar refractivity (Wildman–Crippen MR) is 116 cm³/mol. The molecule has 1 fully saturated rings. The molecule has 2 rings (SSSR count). The van der Waals surface area contributed by atoms with Gasteiger partial charge in [-0.25, -0.2) is 0 Å². The Morgan fingerprint density at radius 1 is 1.14 bits per heavy atom. The molecule has 0 unspecified atom stereocenters. The number of guanidine groups is 1. The number of nitrogens with zero attached hydrogens (tertiary/aromatic N) is 2. The lowest BCUT2D eigenvalue weighted by Gasteiger charge is -2.30. The molecule has 0 saturated carbocycles. The number of primary amides is 1. The van der Waals surface area contributed by atoms with Crippen molar-refractivity contribution in [3.63, 3.8) is 0 Å². The van der Waals surface area contributed by atoms with Gasteiger partial charge in [-0.1, -0.05) is 30.3 Å². The van der Waals surface area contributed by atoms with Crippen LogP contribution in [0.1, 0.15) is 44.6 Å². The molecule has 28 heavy (non-hydrogen) atoms. The molecular formula is C22H37N5O. The van der Waals surface area contributed by atoms with E-state index in [0.717, 1.165) is 83.8 Å². The topological polar surface area (TPSA) is 82.8 Å². The van der Waals surface area contributed by atoms with E-state index in [1.54, 1.807) is 0 Å². The maximum Gasteiger partial charge on any atom is 0.220 e. The number of nitrogens with two attached hydrogens (primary N) is 1. The molecular weight excluding hydrogens is 350 g/mol. The smallest absolute Gasteiger partial charge is 0.220 e. The lowest BCUT2D eigenvalue weighted by molar-refractivity contribution is -0.123. The third-order valence-corrected chi connectivity index (χ3v) is 5.26. The lowest BCUT2D eigenvalue weighted by Crippen LogP contribution is -2.39. The Labute approximate surface area is 170 Å². The van der Waals surface area contributed by atoms with Crippen LogP contribution < -0.4 is 16.4 Å². The molecule has 0 aromatic heterocycles. The number of unbranched alkanes of at least 4 members (excludes halogenated alkanes) is 1. The Balaban J connectivity index is 1.56. The number of likely N-dealkylation sites (tertiary alicyclic amines) is 1. The zero-order valence-corrected chi connectivity index (χ0v) is 17.3. The number of carbonyl (C=O) groups excluding carboxylic acids is 1. The second-order valence-electron chi connectivity index (χ2n) is 7.50. The number of benzene rings is 1. The number of aliphatic imine (C=N–C) groups is 1. The molecule has 6 nitrogen and oxygen atoms in total. The van der Waals surface area contributed by atoms with Crippen molar-refractivity contribution >= 4 is 11.9 Å². The van der Waals surface area contributed by atoms with Crippen molar-refractivity contribution < 1.29 is 4.79 Å². The molecule has 1 aromatic rings. The van der Waals surface area contributed by atoms with Gasteiger partial charge in [-0.15, -0.1) is 0 Å². The number of piperidine rings is 1. The Morgan fingerprint density at radius 3 is 2.57 bits per heavy atom. The number of amides is 1. The van der Waals surface area contributed by atoms with Crippen molar-refractivity contribution in [2.75, 3.05) is 39.3 Å². The van der Waals surface area contributed by atoms with Crippen LogP contribution in [0.25, 0.3) is 0 Å². The number of hydrogen-bond donors (Lipinski definition) is 3. The van der Waals surface area contributed by atoms with E-state index in [1.165, 1.54) is 5.56 Å². The molecule has 1 aromatic carbocycles. The summed E-state index contributed by atoms with van der Waals surface area (Å²) in [6.45, 7) is 7.81. The van der Waals surface area contributed by atoms with Gasteiger partial charge < -0.3 is 21.3 Å². The molecule has 1 saturated heterocycles. The first kappa shape index (κ1) is 22.2. The highest BCUT2D eigenvalue weighted by atomic mass is 16.1. The van der Waals surface area contributed by atoms with Crippen molar-refractivity contribution in [3.8, 4) is 0 Å². The van der Waals surface area contributed by atoms with Crippen LogP contribution in [0.15, 0.2) is 35.3 Å². The van der Waals surface area contributed by atoms with E-state index in [-0.39, 0.29) is 11.8 Å². The molecule has 0 bridgehead atoms. The lowest BCUT2D eigenvalue weighted by atomic mass is 9.96. The molecule has 0 radical (unpaired) electrons. The maximum absolute atomic E-state index is 11.2. The summed E-state index contributed by atoms with van der Waals surface area (Å²) in [5.74, 6) is 0.861. The van der Waals surface area contributed by atoms with Crippen molar-refractivity contribution in [3.05, 3.63) is 35.9 Å². The van der Waals surface area contributed by atoms with Gasteiger partial charge in [0.2, 0.25) is 5.91 Å². The fraction of sp³-hybridized carbons (Fsp3) is 0.636. The van der Waals surface area contributed by atoms with Crippen LogP contribution in [-0.4, -0.2) is 56.0 Å². The molecule has 6 heteroatoms. The highest BCUT2D eigenvalue weighted by molar-refractivity contribution is 5.79. The zero-order chi connectivity index (χ0) is 20.0. The molecule has 1 heterocycles. The molecule has 0 spiro atoms. The first-order chi connectivity index (χ1) is 13.7. The molecule has 1 amide bonds. The van der Waals surface area contributed by atoms with Crippen LogP contribution in [0.2, 0.25) is 0 Å². The number of hydrogen-bond acceptors (Lipinski definition) is 3. The van der Waals surface area contributed by atoms with E-state index in [9.17, 15) is 4.79 Å². The monoisotopic (exact) mass is 387 g/mol. The van der Waals surface area contributed by atoms with E-state index < -0.39 is 0 Å². The van der Waals surface area contributed by atoms with Gasteiger partial charge >= 0.3 is 0 Å². The fourth-order valence-electron chi connectivity index (χ4n) is 3.57. The van der Waals surface area contributed by atoms with Crippen LogP contribution in [0, 0.1) is 5.92 Å². The van der Waals surface area contributed by atoms with Crippen LogP contribution in [0.4, 0.5) is 0 Å². The van der Waals surface area contributed by atoms with Gasteiger partial charge in [0, 0.05) is 25.6 Å². The largest absolute Gasteiger partial charge is 0.369 e. The second kappa shape index (κ2) is 13.2. The van der Waals surface area contributed by atoms with E-state index >= 15 is 0 Å². The van der Waals surface area contributed by atoms with Crippen molar-refractivity contribution in [2.45, 2.75) is 45.4 Å². The summed E-state index contributed by atoms with van der Waals surface area (Å²) in [5.41, 5.74) is 6.77. The Bertz CT molecular complexity index is 582. The zero-order valence-electron chi connectivity index (χ0n) is 17.3. The Kier molecular flexibility index (Phi) is 10.4. The van der Waals surface area contributed by atoms with Gasteiger partial charge in [0.1, 0.15) is 0 Å². The molecule has 156 valence electrons. The minimum atomic E-state index is -0.136. The summed E-state index contributed by atoms with van der Waals surface area (Å²) in [5, 5.41) is 6.76. The average Bonchev–Trinajstić information content (AvgIpc) is 2.72. The van der Waals surface area contributed by atoms with Gasteiger partial charge in [0.05, 0.1) is 0 Å². The van der Waals surface area contributed by atoms with Gasteiger partial charge in [0.15, 0.2) is 5.96 Å². The standard InChI is InChI=1S/C22H37N5O/c1-2-24-22(26-15-8-11-19-9-4-3-5-10-19)25-14-6-7-16-27-17-12-20(13-18-27)21(23)28/h3-5,9-10,20H,2,6-8,11-18H2,1H3,(H2,23,28)(H2,24,25,26). The normalized spacial score (nSPS) is 16.1. The van der Waals surface area contributed by atoms with E-state index in [1.807, 2.05) is 0 Å². The molecule has 1 aliphatic heterocycles. The van der Waals surface area contributed by atoms with Crippen LogP contribution in [0.3, 0.4) is 0 Å². The third-order valence-electron chi connectivity index (χ3n) is 5.26. The summed E-state index contributed by atoms with van der Waals surface area (Å²) >= 11 is 0. The SMILES string of the molecule is CCNC(=NCCCc1ccccc1)NCCCCN1CCC(C(N)=O)CC1. The highest BCUT2D eigenvalue weighted by Gasteiger charge is 2.22. The predicted octanol–water partition coefficient (Wildman–Crippen LogP) is 2.15. The van der Waals surface area contributed by atoms with Crippen molar-refractivity contribution in [2.24, 2.45) is 16.6 Å².